The first-order chi connectivity index (χ1) is 8.10. The highest BCUT2D eigenvalue weighted by Gasteiger charge is 2.23. The third kappa shape index (κ3) is 2.76. The van der Waals surface area contributed by atoms with Gasteiger partial charge in [-0.2, -0.15) is 0 Å². The van der Waals surface area contributed by atoms with Gasteiger partial charge in [0.2, 0.25) is 0 Å². The Morgan fingerprint density at radius 1 is 1.41 bits per heavy atom. The highest BCUT2D eigenvalue weighted by atomic mass is 16.5. The molecule has 2 atom stereocenters. The number of hydrogen-bond donors (Lipinski definition) is 1. The average Bonchev–Trinajstić information content (AvgIpc) is 2.27. The summed E-state index contributed by atoms with van der Waals surface area (Å²) in [7, 11) is 0. The van der Waals surface area contributed by atoms with E-state index in [0.717, 1.165) is 24.3 Å². The molecule has 0 amide bonds. The molecule has 2 rings (SSSR count). The van der Waals surface area contributed by atoms with Gasteiger partial charge in [-0.15, -0.1) is 0 Å². The maximum absolute atomic E-state index is 5.78. The summed E-state index contributed by atoms with van der Waals surface area (Å²) in [4.78, 5) is 6.66. The molecule has 4 heteroatoms. The molecule has 1 saturated heterocycles. The van der Waals surface area contributed by atoms with E-state index >= 15 is 0 Å². The Labute approximate surface area is 103 Å². The zero-order valence-electron chi connectivity index (χ0n) is 10.8. The molecule has 1 fully saturated rings. The standard InChI is InChI=1S/C13H21N3O/c1-9-4-13(12(5-14)6-15-9)16-7-10(2)17-11(3)8-16/h4,6,10-11H,5,7-8,14H2,1-3H3. The van der Waals surface area contributed by atoms with E-state index in [2.05, 4.69) is 29.8 Å². The number of hydrogen-bond acceptors (Lipinski definition) is 4. The smallest absolute Gasteiger partial charge is 0.0726 e. The van der Waals surface area contributed by atoms with Crippen LogP contribution in [-0.2, 0) is 11.3 Å². The van der Waals surface area contributed by atoms with Crippen molar-refractivity contribution in [3.8, 4) is 0 Å². The minimum atomic E-state index is 0.262. The fourth-order valence-corrected chi connectivity index (χ4v) is 2.40. The van der Waals surface area contributed by atoms with Crippen LogP contribution in [0.1, 0.15) is 25.1 Å². The van der Waals surface area contributed by atoms with Crippen LogP contribution in [0, 0.1) is 6.92 Å². The van der Waals surface area contributed by atoms with Crippen molar-refractivity contribution >= 4 is 5.69 Å². The van der Waals surface area contributed by atoms with Crippen molar-refractivity contribution in [1.29, 1.82) is 0 Å². The molecule has 0 aromatic carbocycles. The first kappa shape index (κ1) is 12.3. The van der Waals surface area contributed by atoms with Gasteiger partial charge in [-0.25, -0.2) is 0 Å². The van der Waals surface area contributed by atoms with E-state index < -0.39 is 0 Å². The Balaban J connectivity index is 2.28. The van der Waals surface area contributed by atoms with Gasteiger partial charge >= 0.3 is 0 Å². The van der Waals surface area contributed by atoms with Gasteiger partial charge in [-0.1, -0.05) is 0 Å². The number of ether oxygens (including phenoxy) is 1. The first-order valence-electron chi connectivity index (χ1n) is 6.16. The van der Waals surface area contributed by atoms with E-state index in [9.17, 15) is 0 Å². The molecule has 0 spiro atoms. The number of nitrogens with two attached hydrogens (primary N) is 1. The zero-order valence-corrected chi connectivity index (χ0v) is 10.8. The highest BCUT2D eigenvalue weighted by molar-refractivity contribution is 5.54. The number of nitrogens with zero attached hydrogens (tertiary/aromatic N) is 2. The molecular formula is C13H21N3O. The maximum Gasteiger partial charge on any atom is 0.0726 e. The Morgan fingerprint density at radius 3 is 2.65 bits per heavy atom. The van der Waals surface area contributed by atoms with Gasteiger partial charge in [0.15, 0.2) is 0 Å². The molecule has 0 bridgehead atoms. The van der Waals surface area contributed by atoms with E-state index in [4.69, 9.17) is 10.5 Å². The second-order valence-electron chi connectivity index (χ2n) is 4.82. The fraction of sp³-hybridized carbons (Fsp3) is 0.615. The molecule has 2 unspecified atom stereocenters. The van der Waals surface area contributed by atoms with E-state index in [1.54, 1.807) is 0 Å². The van der Waals surface area contributed by atoms with E-state index in [1.807, 2.05) is 13.1 Å². The lowest BCUT2D eigenvalue weighted by molar-refractivity contribution is -0.00526. The normalized spacial score (nSPS) is 25.1. The molecule has 1 aliphatic rings. The van der Waals surface area contributed by atoms with E-state index in [-0.39, 0.29) is 12.2 Å². The van der Waals surface area contributed by atoms with Gasteiger partial charge in [-0.05, 0) is 26.8 Å². The summed E-state index contributed by atoms with van der Waals surface area (Å²) in [5.41, 5.74) is 9.13. The fourth-order valence-electron chi connectivity index (χ4n) is 2.40. The van der Waals surface area contributed by atoms with Gasteiger partial charge < -0.3 is 15.4 Å². The second-order valence-corrected chi connectivity index (χ2v) is 4.82. The summed E-state index contributed by atoms with van der Waals surface area (Å²) in [6.45, 7) is 8.60. The largest absolute Gasteiger partial charge is 0.372 e. The van der Waals surface area contributed by atoms with Gasteiger partial charge in [0.05, 0.1) is 12.2 Å². The third-order valence-corrected chi connectivity index (χ3v) is 3.08. The van der Waals surface area contributed by atoms with Crippen molar-refractivity contribution in [3.63, 3.8) is 0 Å². The first-order valence-corrected chi connectivity index (χ1v) is 6.16. The SMILES string of the molecule is Cc1cc(N2CC(C)OC(C)C2)c(CN)cn1. The number of anilines is 1. The van der Waals surface area contributed by atoms with Crippen LogP contribution < -0.4 is 10.6 Å². The number of pyridine rings is 1. The lowest BCUT2D eigenvalue weighted by atomic mass is 10.1. The molecule has 1 aromatic rings. The molecule has 94 valence electrons. The average molecular weight is 235 g/mol. The molecule has 0 radical (unpaired) electrons. The number of rotatable bonds is 2. The van der Waals surface area contributed by atoms with Crippen LogP contribution in [0.5, 0.6) is 0 Å². The summed E-state index contributed by atoms with van der Waals surface area (Å²) in [6, 6.07) is 2.12. The molecule has 1 aliphatic heterocycles. The minimum absolute atomic E-state index is 0.262. The van der Waals surface area contributed by atoms with Crippen molar-refractivity contribution in [2.45, 2.75) is 39.5 Å². The molecule has 2 N–H and O–H groups in total. The Kier molecular flexibility index (Phi) is 3.64. The molecule has 0 saturated carbocycles. The third-order valence-electron chi connectivity index (χ3n) is 3.08. The van der Waals surface area contributed by atoms with Crippen molar-refractivity contribution in [1.82, 2.24) is 4.98 Å². The highest BCUT2D eigenvalue weighted by Crippen LogP contribution is 2.24. The summed E-state index contributed by atoms with van der Waals surface area (Å²) >= 11 is 0. The predicted octanol–water partition coefficient (Wildman–Crippen LogP) is 1.46. The Bertz CT molecular complexity index is 384. The van der Waals surface area contributed by atoms with Crippen LogP contribution in [0.3, 0.4) is 0 Å². The number of aryl methyl sites for hydroxylation is 1. The van der Waals surface area contributed by atoms with Crippen LogP contribution in [0.15, 0.2) is 12.3 Å². The maximum atomic E-state index is 5.78. The quantitative estimate of drug-likeness (QED) is 0.843. The summed E-state index contributed by atoms with van der Waals surface area (Å²) in [5.74, 6) is 0. The van der Waals surface area contributed by atoms with Crippen LogP contribution in [0.25, 0.3) is 0 Å². The van der Waals surface area contributed by atoms with Gasteiger partial charge in [0, 0.05) is 42.8 Å². The topological polar surface area (TPSA) is 51.4 Å². The van der Waals surface area contributed by atoms with Crippen molar-refractivity contribution in [2.75, 3.05) is 18.0 Å². The summed E-state index contributed by atoms with van der Waals surface area (Å²) in [6.07, 6.45) is 2.41. The van der Waals surface area contributed by atoms with Gasteiger partial charge in [-0.3, -0.25) is 4.98 Å². The van der Waals surface area contributed by atoms with Crippen LogP contribution in [-0.4, -0.2) is 30.3 Å². The zero-order chi connectivity index (χ0) is 12.4. The van der Waals surface area contributed by atoms with Crippen molar-refractivity contribution in [3.05, 3.63) is 23.5 Å². The second kappa shape index (κ2) is 5.02. The lowest BCUT2D eigenvalue weighted by Gasteiger charge is -2.37. The van der Waals surface area contributed by atoms with Crippen LogP contribution in [0.2, 0.25) is 0 Å². The van der Waals surface area contributed by atoms with Crippen LogP contribution in [0.4, 0.5) is 5.69 Å². The Morgan fingerprint density at radius 2 is 2.06 bits per heavy atom. The molecule has 0 aliphatic carbocycles. The monoisotopic (exact) mass is 235 g/mol. The number of aromatic nitrogens is 1. The van der Waals surface area contributed by atoms with Crippen molar-refractivity contribution < 1.29 is 4.74 Å². The van der Waals surface area contributed by atoms with E-state index in [1.165, 1.54) is 5.69 Å². The van der Waals surface area contributed by atoms with Gasteiger partial charge in [0.1, 0.15) is 0 Å². The molecule has 2 heterocycles. The number of morpholine rings is 1. The predicted molar refractivity (Wildman–Crippen MR) is 69.1 cm³/mol. The van der Waals surface area contributed by atoms with Crippen molar-refractivity contribution in [2.24, 2.45) is 5.73 Å². The molecule has 17 heavy (non-hydrogen) atoms. The molecule has 1 aromatic heterocycles. The van der Waals surface area contributed by atoms with Crippen LogP contribution >= 0.6 is 0 Å². The lowest BCUT2D eigenvalue weighted by Crippen LogP contribution is -2.46. The minimum Gasteiger partial charge on any atom is -0.372 e. The molecular weight excluding hydrogens is 214 g/mol. The Hall–Kier alpha value is -1.13. The van der Waals surface area contributed by atoms with Gasteiger partial charge in [0.25, 0.3) is 0 Å². The van der Waals surface area contributed by atoms with E-state index in [0.29, 0.717) is 6.54 Å². The summed E-state index contributed by atoms with van der Waals surface area (Å²) < 4.78 is 5.75. The summed E-state index contributed by atoms with van der Waals surface area (Å²) in [5, 5.41) is 0. The molecule has 4 nitrogen and oxygen atoms in total.